The topological polar surface area (TPSA) is 59.0 Å². The van der Waals surface area contributed by atoms with E-state index in [1.165, 1.54) is 0 Å². The molecule has 5 rings (SSSR count). The van der Waals surface area contributed by atoms with E-state index in [1.54, 1.807) is 11.8 Å². The van der Waals surface area contributed by atoms with E-state index < -0.39 is 16.8 Å². The predicted octanol–water partition coefficient (Wildman–Crippen LogP) is 4.64. The fraction of sp³-hybridized carbons (Fsp3) is 0.321. The molecule has 2 atom stereocenters. The van der Waals surface area contributed by atoms with Crippen LogP contribution in [0, 0.1) is 19.3 Å². The van der Waals surface area contributed by atoms with Gasteiger partial charge in [0.25, 0.3) is 0 Å². The van der Waals surface area contributed by atoms with Crippen LogP contribution in [0.1, 0.15) is 41.2 Å². The lowest BCUT2D eigenvalue weighted by molar-refractivity contribution is -0.500. The Labute approximate surface area is 194 Å². The van der Waals surface area contributed by atoms with Gasteiger partial charge in [0.1, 0.15) is 5.41 Å². The third-order valence-electron chi connectivity index (χ3n) is 7.20. The number of aliphatic hydroxyl groups is 1. The highest BCUT2D eigenvalue weighted by molar-refractivity contribution is 5.86. The summed E-state index contributed by atoms with van der Waals surface area (Å²) in [5, 5.41) is 11.5. The van der Waals surface area contributed by atoms with Crippen molar-refractivity contribution in [2.24, 2.45) is 5.41 Å². The Bertz CT molecular complexity index is 1110. The molecule has 170 valence electrons. The summed E-state index contributed by atoms with van der Waals surface area (Å²) in [5.74, 6) is -1.88. The zero-order valence-electron chi connectivity index (χ0n) is 19.2. The van der Waals surface area contributed by atoms with Crippen LogP contribution in [0.4, 0.5) is 0 Å². The number of benzene rings is 3. The van der Waals surface area contributed by atoms with Gasteiger partial charge in [0, 0.05) is 13.0 Å². The third kappa shape index (κ3) is 3.48. The predicted molar refractivity (Wildman–Crippen MR) is 125 cm³/mol. The Hall–Kier alpha value is -2.99. The molecule has 2 aliphatic rings. The van der Waals surface area contributed by atoms with Crippen LogP contribution in [0.25, 0.3) is 0 Å². The van der Waals surface area contributed by atoms with Gasteiger partial charge < -0.3 is 10.0 Å². The van der Waals surface area contributed by atoms with E-state index >= 15 is 0 Å². The van der Waals surface area contributed by atoms with Crippen molar-refractivity contribution in [2.45, 2.75) is 45.1 Å². The number of nitrogens with zero attached hydrogens (tertiary/aromatic N) is 1. The molecule has 1 amide bonds. The highest BCUT2D eigenvalue weighted by Crippen LogP contribution is 2.56. The number of carbonyl (C=O) groups is 1. The molecule has 3 aromatic rings. The zero-order chi connectivity index (χ0) is 23.3. The summed E-state index contributed by atoms with van der Waals surface area (Å²) >= 11 is 0. The fourth-order valence-corrected chi connectivity index (χ4v) is 5.06. The normalized spacial score (nSPS) is 26.3. The summed E-state index contributed by atoms with van der Waals surface area (Å²) in [5.41, 5.74) is 2.81. The number of carbonyl (C=O) groups excluding carboxylic acids is 1. The molecule has 2 fully saturated rings. The molecule has 2 aliphatic heterocycles. The number of rotatable bonds is 4. The van der Waals surface area contributed by atoms with E-state index in [1.807, 2.05) is 92.7 Å². The van der Waals surface area contributed by atoms with Gasteiger partial charge in [-0.2, -0.15) is 4.89 Å². The smallest absolute Gasteiger partial charge is 0.234 e. The van der Waals surface area contributed by atoms with E-state index in [-0.39, 0.29) is 18.9 Å². The summed E-state index contributed by atoms with van der Waals surface area (Å²) in [4.78, 5) is 27.4. The maximum absolute atomic E-state index is 13.8. The van der Waals surface area contributed by atoms with Crippen LogP contribution in [-0.2, 0) is 26.7 Å². The maximum Gasteiger partial charge on any atom is 0.234 e. The first-order valence-corrected chi connectivity index (χ1v) is 11.3. The first kappa shape index (κ1) is 21.8. The molecule has 2 saturated heterocycles. The van der Waals surface area contributed by atoms with E-state index in [4.69, 9.17) is 9.78 Å². The standard InChI is InChI=1S/C28H29NO4/c1-20-9-13-23(14-10-20)27(24-15-11-21(2)12-16-24)18-26(3)25(30)29(19-28(26,31)33-32-27)17-22-7-5-4-6-8-22/h4-16,31H,17-19H2,1-3H3. The summed E-state index contributed by atoms with van der Waals surface area (Å²) in [6.45, 7) is 6.31. The van der Waals surface area contributed by atoms with Crippen LogP contribution in [-0.4, -0.2) is 28.2 Å². The number of hydrogen-bond acceptors (Lipinski definition) is 4. The van der Waals surface area contributed by atoms with Crippen LogP contribution >= 0.6 is 0 Å². The second-order valence-electron chi connectivity index (χ2n) is 9.67. The van der Waals surface area contributed by atoms with Crippen molar-refractivity contribution in [1.29, 1.82) is 0 Å². The van der Waals surface area contributed by atoms with E-state index in [0.717, 1.165) is 27.8 Å². The van der Waals surface area contributed by atoms with Gasteiger partial charge in [-0.15, -0.1) is 0 Å². The molecule has 0 spiro atoms. The van der Waals surface area contributed by atoms with Gasteiger partial charge in [-0.25, -0.2) is 4.89 Å². The fourth-order valence-electron chi connectivity index (χ4n) is 5.06. The Kier molecular flexibility index (Phi) is 5.16. The molecule has 5 nitrogen and oxygen atoms in total. The minimum absolute atomic E-state index is 0.0507. The minimum Gasteiger partial charge on any atom is -0.361 e. The van der Waals surface area contributed by atoms with Gasteiger partial charge in [-0.3, -0.25) is 4.79 Å². The number of fused-ring (bicyclic) bond motifs is 1. The van der Waals surface area contributed by atoms with Gasteiger partial charge in [-0.05, 0) is 37.5 Å². The van der Waals surface area contributed by atoms with Crippen LogP contribution in [0.2, 0.25) is 0 Å². The largest absolute Gasteiger partial charge is 0.361 e. The van der Waals surface area contributed by atoms with Crippen LogP contribution < -0.4 is 0 Å². The van der Waals surface area contributed by atoms with Crippen molar-refractivity contribution in [3.63, 3.8) is 0 Å². The molecule has 0 saturated carbocycles. The third-order valence-corrected chi connectivity index (χ3v) is 7.20. The molecule has 0 bridgehead atoms. The average Bonchev–Trinajstić information content (AvgIpc) is 3.00. The molecular weight excluding hydrogens is 414 g/mol. The van der Waals surface area contributed by atoms with E-state index in [9.17, 15) is 9.90 Å². The number of hydrogen-bond donors (Lipinski definition) is 1. The number of β-amino-alcohol motifs (C(OH)–C–C–N with tert-alkyl or cyclic N) is 1. The Morgan fingerprint density at radius 1 is 0.848 bits per heavy atom. The van der Waals surface area contributed by atoms with Crippen LogP contribution in [0.5, 0.6) is 0 Å². The summed E-state index contributed by atoms with van der Waals surface area (Å²) in [6, 6.07) is 25.9. The van der Waals surface area contributed by atoms with Gasteiger partial charge in [0.2, 0.25) is 11.7 Å². The SMILES string of the molecule is Cc1ccc(C2(c3ccc(C)cc3)CC3(C)C(=O)N(Cc4ccccc4)CC3(O)OO2)cc1. The number of likely N-dealkylation sites (tertiary alicyclic amines) is 1. The molecule has 3 aromatic carbocycles. The van der Waals surface area contributed by atoms with Crippen LogP contribution in [0.3, 0.4) is 0 Å². The molecule has 2 heterocycles. The van der Waals surface area contributed by atoms with Gasteiger partial charge >= 0.3 is 0 Å². The monoisotopic (exact) mass is 443 g/mol. The molecule has 5 heteroatoms. The Balaban J connectivity index is 1.57. The molecular formula is C28H29NO4. The Morgan fingerprint density at radius 2 is 1.39 bits per heavy atom. The van der Waals surface area contributed by atoms with Gasteiger partial charge in [-0.1, -0.05) is 90.0 Å². The molecule has 0 aromatic heterocycles. The highest BCUT2D eigenvalue weighted by atomic mass is 17.2. The molecule has 1 N–H and O–H groups in total. The highest BCUT2D eigenvalue weighted by Gasteiger charge is 2.69. The Morgan fingerprint density at radius 3 is 1.94 bits per heavy atom. The van der Waals surface area contributed by atoms with Gasteiger partial charge in [0.15, 0.2) is 5.60 Å². The van der Waals surface area contributed by atoms with Crippen molar-refractivity contribution < 1.29 is 19.7 Å². The lowest BCUT2D eigenvalue weighted by Crippen LogP contribution is -2.58. The average molecular weight is 444 g/mol. The van der Waals surface area contributed by atoms with Crippen molar-refractivity contribution in [3.8, 4) is 0 Å². The number of aryl methyl sites for hydroxylation is 2. The molecule has 2 unspecified atom stereocenters. The van der Waals surface area contributed by atoms with Crippen molar-refractivity contribution in [2.75, 3.05) is 6.54 Å². The lowest BCUT2D eigenvalue weighted by atomic mass is 9.68. The quantitative estimate of drug-likeness (QED) is 0.597. The molecule has 0 radical (unpaired) electrons. The molecule has 33 heavy (non-hydrogen) atoms. The number of amides is 1. The van der Waals surface area contributed by atoms with Crippen molar-refractivity contribution in [1.82, 2.24) is 4.90 Å². The minimum atomic E-state index is -1.74. The summed E-state index contributed by atoms with van der Waals surface area (Å²) in [7, 11) is 0. The first-order valence-electron chi connectivity index (χ1n) is 11.3. The van der Waals surface area contributed by atoms with Crippen LogP contribution in [0.15, 0.2) is 78.9 Å². The zero-order valence-corrected chi connectivity index (χ0v) is 19.2. The lowest BCUT2D eigenvalue weighted by Gasteiger charge is -2.48. The van der Waals surface area contributed by atoms with E-state index in [2.05, 4.69) is 0 Å². The van der Waals surface area contributed by atoms with Gasteiger partial charge in [0.05, 0.1) is 6.54 Å². The maximum atomic E-state index is 13.8. The van der Waals surface area contributed by atoms with Crippen molar-refractivity contribution in [3.05, 3.63) is 107 Å². The first-order chi connectivity index (χ1) is 15.8. The van der Waals surface area contributed by atoms with Crippen molar-refractivity contribution >= 4 is 5.91 Å². The second-order valence-corrected chi connectivity index (χ2v) is 9.67. The summed E-state index contributed by atoms with van der Waals surface area (Å²) in [6.07, 6.45) is 0.257. The molecule has 0 aliphatic carbocycles. The summed E-state index contributed by atoms with van der Waals surface area (Å²) < 4.78 is 0. The van der Waals surface area contributed by atoms with E-state index in [0.29, 0.717) is 6.54 Å². The second kappa shape index (κ2) is 7.80.